The van der Waals surface area contributed by atoms with Crippen molar-refractivity contribution in [2.24, 2.45) is 10.9 Å². The lowest BCUT2D eigenvalue weighted by Crippen LogP contribution is -2.51. The van der Waals surface area contributed by atoms with E-state index in [0.717, 1.165) is 16.7 Å². The molecule has 0 unspecified atom stereocenters. The monoisotopic (exact) mass is 635 g/mol. The predicted octanol–water partition coefficient (Wildman–Crippen LogP) is 8.33. The fraction of sp³-hybridized carbons (Fsp3) is 0.400. The normalized spacial score (nSPS) is 20.9. The Bertz CT molecular complexity index is 1560. The summed E-state index contributed by atoms with van der Waals surface area (Å²) in [6.07, 6.45) is 0.790. The second-order valence-electron chi connectivity index (χ2n) is 12.7. The Labute approximate surface area is 269 Å². The topological polar surface area (TPSA) is 82.4 Å². The van der Waals surface area contributed by atoms with Gasteiger partial charge in [0.25, 0.3) is 0 Å². The molecule has 1 fully saturated rings. The smallest absolute Gasteiger partial charge is 0.326 e. The molecule has 5 rings (SSSR count). The number of halogens is 2. The molecule has 7 nitrogen and oxygen atoms in total. The number of carbonyl (C=O) groups is 2. The number of carboxylic acid groups (broad SMARTS) is 1. The Balaban J connectivity index is 1.72. The first-order valence-corrected chi connectivity index (χ1v) is 15.8. The number of benzene rings is 3. The fourth-order valence-electron chi connectivity index (χ4n) is 6.15. The maximum absolute atomic E-state index is 14.7. The van der Waals surface area contributed by atoms with E-state index in [4.69, 9.17) is 32.9 Å². The van der Waals surface area contributed by atoms with E-state index in [0.29, 0.717) is 59.7 Å². The van der Waals surface area contributed by atoms with Crippen molar-refractivity contribution in [3.05, 3.63) is 99.0 Å². The number of ether oxygens (including phenoxy) is 1. The van der Waals surface area contributed by atoms with Crippen molar-refractivity contribution in [1.29, 1.82) is 0 Å². The lowest BCUT2D eigenvalue weighted by Gasteiger charge is -2.39. The van der Waals surface area contributed by atoms with Gasteiger partial charge in [0.05, 0.1) is 24.1 Å². The molecule has 1 N–H and O–H groups in total. The van der Waals surface area contributed by atoms with Crippen LogP contribution in [0.3, 0.4) is 0 Å². The summed E-state index contributed by atoms with van der Waals surface area (Å²) in [4.78, 5) is 35.3. The Hall–Kier alpha value is -3.55. The maximum atomic E-state index is 14.7. The van der Waals surface area contributed by atoms with E-state index in [9.17, 15) is 14.7 Å². The number of carboxylic acids is 1. The zero-order valence-corrected chi connectivity index (χ0v) is 27.3. The molecule has 9 heteroatoms. The van der Waals surface area contributed by atoms with Gasteiger partial charge in [0.15, 0.2) is 0 Å². The van der Waals surface area contributed by atoms with E-state index in [2.05, 4.69) is 26.8 Å². The Kier molecular flexibility index (Phi) is 9.01. The summed E-state index contributed by atoms with van der Waals surface area (Å²) < 4.78 is 6.21. The van der Waals surface area contributed by atoms with Crippen molar-refractivity contribution in [1.82, 2.24) is 9.80 Å². The zero-order chi connectivity index (χ0) is 31.8. The van der Waals surface area contributed by atoms with Gasteiger partial charge in [-0.2, -0.15) is 0 Å². The van der Waals surface area contributed by atoms with Crippen LogP contribution in [0.4, 0.5) is 4.79 Å². The van der Waals surface area contributed by atoms with Gasteiger partial charge in [-0.3, -0.25) is 14.7 Å². The molecule has 0 radical (unpaired) electrons. The van der Waals surface area contributed by atoms with Gasteiger partial charge < -0.3 is 14.7 Å². The first kappa shape index (κ1) is 31.9. The third kappa shape index (κ3) is 6.18. The standard InChI is InChI=1S/C35H39Cl2N3O4/c1-6-44-29-21-25(34(2,3)4)11-16-28(29)31-38-35(5,24-9-14-27(37)15-10-24)30(22-7-12-26(36)13-8-22)40(31)33(43)39-19-17-23(18-20-39)32(41)42/h7-16,21,23,30H,6,17-20H2,1-5H3,(H,41,42)/t30-,35+/m1/s1. The zero-order valence-electron chi connectivity index (χ0n) is 25.8. The van der Waals surface area contributed by atoms with Crippen LogP contribution >= 0.6 is 23.2 Å². The number of hydrogen-bond donors (Lipinski definition) is 1. The second-order valence-corrected chi connectivity index (χ2v) is 13.6. The average Bonchev–Trinajstić information content (AvgIpc) is 3.31. The Morgan fingerprint density at radius 1 is 0.977 bits per heavy atom. The van der Waals surface area contributed by atoms with Crippen LogP contribution in [0.1, 0.15) is 75.8 Å². The molecule has 2 heterocycles. The molecular formula is C35H39Cl2N3O4. The summed E-state index contributed by atoms with van der Waals surface area (Å²) in [6, 6.07) is 20.4. The minimum Gasteiger partial charge on any atom is -0.493 e. The van der Waals surface area contributed by atoms with Crippen LogP contribution in [-0.4, -0.2) is 52.4 Å². The van der Waals surface area contributed by atoms with Crippen LogP contribution in [0.25, 0.3) is 0 Å². The molecular weight excluding hydrogens is 597 g/mol. The van der Waals surface area contributed by atoms with E-state index >= 15 is 0 Å². The molecule has 0 aromatic heterocycles. The molecule has 0 bridgehead atoms. The predicted molar refractivity (Wildman–Crippen MR) is 175 cm³/mol. The number of nitrogens with zero attached hydrogens (tertiary/aromatic N) is 3. The van der Waals surface area contributed by atoms with Crippen LogP contribution in [0.15, 0.2) is 71.7 Å². The summed E-state index contributed by atoms with van der Waals surface area (Å²) in [7, 11) is 0. The lowest BCUT2D eigenvalue weighted by molar-refractivity contribution is -0.143. The third-order valence-electron chi connectivity index (χ3n) is 8.68. The van der Waals surface area contributed by atoms with Crippen molar-refractivity contribution in [3.8, 4) is 5.75 Å². The third-order valence-corrected chi connectivity index (χ3v) is 9.18. The number of aliphatic carboxylic acids is 1. The lowest BCUT2D eigenvalue weighted by atomic mass is 9.81. The van der Waals surface area contributed by atoms with Gasteiger partial charge in [0.1, 0.15) is 17.1 Å². The van der Waals surface area contributed by atoms with Gasteiger partial charge in [-0.05, 0) is 85.2 Å². The number of rotatable bonds is 6. The van der Waals surface area contributed by atoms with E-state index in [1.54, 1.807) is 9.80 Å². The number of amides is 2. The quantitative estimate of drug-likeness (QED) is 0.295. The molecule has 3 aromatic carbocycles. The van der Waals surface area contributed by atoms with Crippen molar-refractivity contribution in [2.45, 2.75) is 64.5 Å². The van der Waals surface area contributed by atoms with E-state index < -0.39 is 23.5 Å². The molecule has 3 aromatic rings. The Morgan fingerprint density at radius 3 is 2.11 bits per heavy atom. The maximum Gasteiger partial charge on any atom is 0.326 e. The number of aliphatic imine (C=N–C) groups is 1. The van der Waals surface area contributed by atoms with Gasteiger partial charge in [-0.1, -0.05) is 74.3 Å². The number of urea groups is 1. The number of amidine groups is 1. The molecule has 2 amide bonds. The van der Waals surface area contributed by atoms with Crippen LogP contribution < -0.4 is 4.74 Å². The average molecular weight is 637 g/mol. The highest BCUT2D eigenvalue weighted by atomic mass is 35.5. The van der Waals surface area contributed by atoms with Crippen molar-refractivity contribution in [2.75, 3.05) is 19.7 Å². The van der Waals surface area contributed by atoms with Crippen LogP contribution in [-0.2, 0) is 15.7 Å². The molecule has 2 aliphatic heterocycles. The highest BCUT2D eigenvalue weighted by Gasteiger charge is 2.52. The summed E-state index contributed by atoms with van der Waals surface area (Å²) >= 11 is 12.6. The largest absolute Gasteiger partial charge is 0.493 e. The number of likely N-dealkylation sites (tertiary alicyclic amines) is 1. The minimum atomic E-state index is -0.908. The highest BCUT2D eigenvalue weighted by Crippen LogP contribution is 2.50. The summed E-state index contributed by atoms with van der Waals surface area (Å²) in [6.45, 7) is 11.5. The summed E-state index contributed by atoms with van der Waals surface area (Å²) in [5, 5.41) is 10.8. The SMILES string of the molecule is CCOc1cc(C(C)(C)C)ccc1C1=N[C@@](C)(c2ccc(Cl)cc2)[C@@H](c2ccc(Cl)cc2)N1C(=O)N1CCC(C(=O)O)CC1. The van der Waals surface area contributed by atoms with Gasteiger partial charge in [-0.15, -0.1) is 0 Å². The van der Waals surface area contributed by atoms with Crippen molar-refractivity contribution >= 4 is 41.0 Å². The first-order valence-electron chi connectivity index (χ1n) is 15.0. The molecule has 0 aliphatic carbocycles. The first-order chi connectivity index (χ1) is 20.8. The number of carbonyl (C=O) groups excluding carboxylic acids is 1. The van der Waals surface area contributed by atoms with Gasteiger partial charge in [-0.25, -0.2) is 4.79 Å². The summed E-state index contributed by atoms with van der Waals surface area (Å²) in [5.74, 6) is -0.144. The number of piperidine rings is 1. The highest BCUT2D eigenvalue weighted by molar-refractivity contribution is 6.30. The molecule has 1 saturated heterocycles. The van der Waals surface area contributed by atoms with Gasteiger partial charge in [0, 0.05) is 23.1 Å². The molecule has 44 heavy (non-hydrogen) atoms. The fourth-order valence-corrected chi connectivity index (χ4v) is 6.40. The van der Waals surface area contributed by atoms with E-state index in [-0.39, 0.29) is 11.4 Å². The summed E-state index contributed by atoms with van der Waals surface area (Å²) in [5.41, 5.74) is 2.55. The van der Waals surface area contributed by atoms with Crippen LogP contribution in [0, 0.1) is 5.92 Å². The van der Waals surface area contributed by atoms with Crippen LogP contribution in [0.5, 0.6) is 5.75 Å². The van der Waals surface area contributed by atoms with Crippen molar-refractivity contribution in [3.63, 3.8) is 0 Å². The second kappa shape index (κ2) is 12.4. The molecule has 2 aliphatic rings. The molecule has 2 atom stereocenters. The van der Waals surface area contributed by atoms with Crippen molar-refractivity contribution < 1.29 is 19.4 Å². The molecule has 0 spiro atoms. The Morgan fingerprint density at radius 2 is 1.57 bits per heavy atom. The van der Waals surface area contributed by atoms with E-state index in [1.165, 1.54) is 0 Å². The minimum absolute atomic E-state index is 0.116. The number of hydrogen-bond acceptors (Lipinski definition) is 4. The van der Waals surface area contributed by atoms with E-state index in [1.807, 2.05) is 74.5 Å². The van der Waals surface area contributed by atoms with Gasteiger partial charge >= 0.3 is 12.0 Å². The molecule has 0 saturated carbocycles. The van der Waals surface area contributed by atoms with Crippen LogP contribution in [0.2, 0.25) is 10.0 Å². The molecule has 232 valence electrons. The van der Waals surface area contributed by atoms with Gasteiger partial charge in [0.2, 0.25) is 0 Å².